The molecule has 17 heavy (non-hydrogen) atoms. The molecular formula is C11H12Cl3NOS. The van der Waals surface area contributed by atoms with Crippen molar-refractivity contribution in [1.29, 1.82) is 0 Å². The standard InChI is InChI=1S/C11H12Cl3NOS/c12-5-6-2-1-3-8(6)15-11(16)7-4-9(13)17-10(7)14/h4,6,8H,1-3,5H2,(H,15,16). The topological polar surface area (TPSA) is 29.1 Å². The number of rotatable bonds is 3. The average molecular weight is 313 g/mol. The van der Waals surface area contributed by atoms with Gasteiger partial charge in [0.2, 0.25) is 0 Å². The number of halogens is 3. The molecule has 0 aromatic carbocycles. The number of hydrogen-bond donors (Lipinski definition) is 1. The zero-order valence-electron chi connectivity index (χ0n) is 9.01. The normalized spacial score (nSPS) is 23.9. The Morgan fingerprint density at radius 1 is 1.47 bits per heavy atom. The van der Waals surface area contributed by atoms with Crippen LogP contribution in [-0.4, -0.2) is 17.8 Å². The van der Waals surface area contributed by atoms with Crippen LogP contribution in [0.15, 0.2) is 6.07 Å². The number of alkyl halides is 1. The molecule has 1 aliphatic carbocycles. The summed E-state index contributed by atoms with van der Waals surface area (Å²) >= 11 is 18.8. The Morgan fingerprint density at radius 2 is 2.24 bits per heavy atom. The maximum atomic E-state index is 12.0. The summed E-state index contributed by atoms with van der Waals surface area (Å²) in [6.45, 7) is 0. The zero-order chi connectivity index (χ0) is 12.4. The number of amides is 1. The lowest BCUT2D eigenvalue weighted by Crippen LogP contribution is -2.37. The third-order valence-corrected chi connectivity index (χ3v) is 4.96. The largest absolute Gasteiger partial charge is 0.349 e. The van der Waals surface area contributed by atoms with Crippen LogP contribution in [0.3, 0.4) is 0 Å². The van der Waals surface area contributed by atoms with Gasteiger partial charge in [-0.25, -0.2) is 0 Å². The molecule has 94 valence electrons. The maximum absolute atomic E-state index is 12.0. The molecule has 2 unspecified atom stereocenters. The summed E-state index contributed by atoms with van der Waals surface area (Å²) in [6.07, 6.45) is 3.17. The van der Waals surface area contributed by atoms with E-state index in [-0.39, 0.29) is 11.9 Å². The summed E-state index contributed by atoms with van der Waals surface area (Å²) < 4.78 is 0.966. The van der Waals surface area contributed by atoms with E-state index in [1.54, 1.807) is 6.07 Å². The molecule has 2 rings (SSSR count). The fourth-order valence-electron chi connectivity index (χ4n) is 2.15. The second kappa shape index (κ2) is 5.79. The SMILES string of the molecule is O=C(NC1CCCC1CCl)c1cc(Cl)sc1Cl. The van der Waals surface area contributed by atoms with Crippen LogP contribution in [0.1, 0.15) is 29.6 Å². The molecule has 1 amide bonds. The molecule has 1 saturated carbocycles. The minimum Gasteiger partial charge on any atom is -0.349 e. The van der Waals surface area contributed by atoms with Crippen molar-refractivity contribution < 1.29 is 4.79 Å². The molecule has 0 bridgehead atoms. The predicted octanol–water partition coefficient (Wildman–Crippen LogP) is 4.19. The van der Waals surface area contributed by atoms with E-state index in [4.69, 9.17) is 34.8 Å². The highest BCUT2D eigenvalue weighted by Crippen LogP contribution is 2.32. The van der Waals surface area contributed by atoms with E-state index in [9.17, 15) is 4.79 Å². The van der Waals surface area contributed by atoms with Crippen molar-refractivity contribution >= 4 is 52.0 Å². The molecule has 0 saturated heterocycles. The van der Waals surface area contributed by atoms with Crippen molar-refractivity contribution in [3.63, 3.8) is 0 Å². The lowest BCUT2D eigenvalue weighted by Gasteiger charge is -2.18. The van der Waals surface area contributed by atoms with Crippen LogP contribution in [-0.2, 0) is 0 Å². The number of hydrogen-bond acceptors (Lipinski definition) is 2. The lowest BCUT2D eigenvalue weighted by atomic mass is 10.1. The Hall–Kier alpha value is 0.0400. The Morgan fingerprint density at radius 3 is 2.82 bits per heavy atom. The molecule has 1 heterocycles. The van der Waals surface area contributed by atoms with Gasteiger partial charge in [-0.1, -0.05) is 29.6 Å². The summed E-state index contributed by atoms with van der Waals surface area (Å²) in [5.74, 6) is 0.803. The highest BCUT2D eigenvalue weighted by molar-refractivity contribution is 7.20. The van der Waals surface area contributed by atoms with Crippen LogP contribution in [0.2, 0.25) is 8.67 Å². The van der Waals surface area contributed by atoms with Gasteiger partial charge in [0.05, 0.1) is 9.90 Å². The molecule has 1 fully saturated rings. The van der Waals surface area contributed by atoms with E-state index in [0.717, 1.165) is 19.3 Å². The van der Waals surface area contributed by atoms with Gasteiger partial charge in [0.15, 0.2) is 0 Å². The summed E-state index contributed by atoms with van der Waals surface area (Å²) in [4.78, 5) is 12.0. The third kappa shape index (κ3) is 3.08. The van der Waals surface area contributed by atoms with Crippen LogP contribution >= 0.6 is 46.1 Å². The molecule has 1 N–H and O–H groups in total. The number of thiophene rings is 1. The van der Waals surface area contributed by atoms with Crippen molar-refractivity contribution in [3.8, 4) is 0 Å². The van der Waals surface area contributed by atoms with Gasteiger partial charge >= 0.3 is 0 Å². The zero-order valence-corrected chi connectivity index (χ0v) is 12.1. The highest BCUT2D eigenvalue weighted by atomic mass is 35.5. The van der Waals surface area contributed by atoms with E-state index < -0.39 is 0 Å². The second-order valence-electron chi connectivity index (χ2n) is 4.16. The Balaban J connectivity index is 2.04. The molecule has 1 aromatic rings. The first kappa shape index (κ1) is 13.5. The van der Waals surface area contributed by atoms with Gasteiger partial charge in [-0.15, -0.1) is 22.9 Å². The quantitative estimate of drug-likeness (QED) is 0.833. The number of nitrogens with one attached hydrogen (secondary N) is 1. The molecule has 1 aromatic heterocycles. The molecule has 0 radical (unpaired) electrons. The highest BCUT2D eigenvalue weighted by Gasteiger charge is 2.28. The Bertz CT molecular complexity index is 421. The van der Waals surface area contributed by atoms with Crippen LogP contribution in [0.5, 0.6) is 0 Å². The van der Waals surface area contributed by atoms with Gasteiger partial charge < -0.3 is 5.32 Å². The van der Waals surface area contributed by atoms with Crippen LogP contribution in [0.25, 0.3) is 0 Å². The predicted molar refractivity (Wildman–Crippen MR) is 73.7 cm³/mol. The van der Waals surface area contributed by atoms with Gasteiger partial charge in [-0.2, -0.15) is 0 Å². The van der Waals surface area contributed by atoms with Crippen LogP contribution in [0.4, 0.5) is 0 Å². The van der Waals surface area contributed by atoms with E-state index in [1.807, 2.05) is 0 Å². The van der Waals surface area contributed by atoms with Gasteiger partial charge in [0.1, 0.15) is 4.34 Å². The molecule has 0 aliphatic heterocycles. The van der Waals surface area contributed by atoms with Crippen LogP contribution in [0, 0.1) is 5.92 Å². The Labute approximate surface area is 119 Å². The molecule has 2 atom stereocenters. The van der Waals surface area contributed by atoms with Crippen molar-refractivity contribution in [2.45, 2.75) is 25.3 Å². The molecule has 0 spiro atoms. The molecule has 2 nitrogen and oxygen atoms in total. The molecule has 1 aliphatic rings. The van der Waals surface area contributed by atoms with E-state index in [1.165, 1.54) is 11.3 Å². The van der Waals surface area contributed by atoms with Gasteiger partial charge in [0.25, 0.3) is 5.91 Å². The fraction of sp³-hybridized carbons (Fsp3) is 0.545. The summed E-state index contributed by atoms with van der Waals surface area (Å²) in [5, 5.41) is 2.99. The first-order valence-electron chi connectivity index (χ1n) is 5.43. The summed E-state index contributed by atoms with van der Waals surface area (Å²) in [6, 6.07) is 1.77. The maximum Gasteiger partial charge on any atom is 0.253 e. The van der Waals surface area contributed by atoms with Crippen LogP contribution < -0.4 is 5.32 Å². The first-order valence-corrected chi connectivity index (χ1v) is 7.54. The van der Waals surface area contributed by atoms with Gasteiger partial charge in [-0.3, -0.25) is 4.79 Å². The lowest BCUT2D eigenvalue weighted by molar-refractivity contribution is 0.0930. The minimum absolute atomic E-state index is 0.153. The van der Waals surface area contributed by atoms with Crippen molar-refractivity contribution in [3.05, 3.63) is 20.3 Å². The van der Waals surface area contributed by atoms with Crippen molar-refractivity contribution in [1.82, 2.24) is 5.32 Å². The fourth-order valence-corrected chi connectivity index (χ4v) is 3.98. The monoisotopic (exact) mass is 311 g/mol. The van der Waals surface area contributed by atoms with E-state index in [2.05, 4.69) is 5.32 Å². The van der Waals surface area contributed by atoms with Crippen molar-refractivity contribution in [2.75, 3.05) is 5.88 Å². The first-order chi connectivity index (χ1) is 8.11. The third-order valence-electron chi connectivity index (χ3n) is 3.08. The minimum atomic E-state index is -0.153. The summed E-state index contributed by atoms with van der Waals surface area (Å²) in [5.41, 5.74) is 0.460. The van der Waals surface area contributed by atoms with Crippen molar-refractivity contribution in [2.24, 2.45) is 5.92 Å². The van der Waals surface area contributed by atoms with Gasteiger partial charge in [-0.05, 0) is 24.8 Å². The summed E-state index contributed by atoms with van der Waals surface area (Å²) in [7, 11) is 0. The van der Waals surface area contributed by atoms with E-state index in [0.29, 0.717) is 26.0 Å². The molecule has 6 heteroatoms. The van der Waals surface area contributed by atoms with E-state index >= 15 is 0 Å². The molecular weight excluding hydrogens is 301 g/mol. The smallest absolute Gasteiger partial charge is 0.253 e. The Kier molecular flexibility index (Phi) is 4.59. The number of carbonyl (C=O) groups is 1. The van der Waals surface area contributed by atoms with Gasteiger partial charge in [0, 0.05) is 11.9 Å². The number of carbonyl (C=O) groups excluding carboxylic acids is 1. The average Bonchev–Trinajstić information content (AvgIpc) is 2.84. The second-order valence-corrected chi connectivity index (χ2v) is 6.76.